The van der Waals surface area contributed by atoms with Crippen molar-refractivity contribution < 1.29 is 9.18 Å². The first kappa shape index (κ1) is 10.1. The molecule has 0 spiro atoms. The van der Waals surface area contributed by atoms with Crippen molar-refractivity contribution in [1.82, 2.24) is 0 Å². The van der Waals surface area contributed by atoms with Crippen molar-refractivity contribution in [1.29, 1.82) is 0 Å². The second-order valence-corrected chi connectivity index (χ2v) is 4.64. The lowest BCUT2D eigenvalue weighted by atomic mass is 10.00. The average Bonchev–Trinajstić information content (AvgIpc) is 2.45. The second kappa shape index (κ2) is 3.31. The number of hydrogen-bond acceptors (Lipinski definition) is 1. The lowest BCUT2D eigenvalue weighted by Crippen LogP contribution is -2.23. The van der Waals surface area contributed by atoms with Gasteiger partial charge in [-0.25, -0.2) is 4.39 Å². The molecule has 0 amide bonds. The molecule has 0 N–H and O–H groups in total. The Labute approximate surface area is 94.4 Å². The van der Waals surface area contributed by atoms with Gasteiger partial charge in [0, 0.05) is 10.0 Å². The first-order valence-corrected chi connectivity index (χ1v) is 5.39. The zero-order valence-corrected chi connectivity index (χ0v) is 9.53. The van der Waals surface area contributed by atoms with E-state index in [0.29, 0.717) is 12.0 Å². The highest BCUT2D eigenvalue weighted by molar-refractivity contribution is 9.10. The Morgan fingerprint density at radius 2 is 2.29 bits per heavy atom. The summed E-state index contributed by atoms with van der Waals surface area (Å²) < 4.78 is 15.0. The molecule has 0 aliphatic heterocycles. The molecule has 1 nitrogen and oxygen atoms in total. The number of rotatable bonds is 1. The summed E-state index contributed by atoms with van der Waals surface area (Å²) in [5.41, 5.74) is -0.700. The van der Waals surface area contributed by atoms with Crippen LogP contribution in [-0.4, -0.2) is 5.24 Å². The molecule has 0 aromatic heterocycles. The lowest BCUT2D eigenvalue weighted by molar-refractivity contribution is -0.122. The van der Waals surface area contributed by atoms with Crippen LogP contribution in [0.1, 0.15) is 17.5 Å². The van der Waals surface area contributed by atoms with Gasteiger partial charge in [0.25, 0.3) is 5.24 Å². The van der Waals surface area contributed by atoms with Crippen LogP contribution in [0, 0.1) is 0 Å². The van der Waals surface area contributed by atoms with E-state index in [0.717, 1.165) is 10.0 Å². The molecule has 14 heavy (non-hydrogen) atoms. The van der Waals surface area contributed by atoms with Gasteiger partial charge in [-0.3, -0.25) is 4.79 Å². The van der Waals surface area contributed by atoms with E-state index in [-0.39, 0.29) is 6.42 Å². The summed E-state index contributed by atoms with van der Waals surface area (Å²) in [5, 5.41) is -0.918. The Bertz CT molecular complexity index is 407. The molecular formula is C10H7BrClFO. The lowest BCUT2D eigenvalue weighted by Gasteiger charge is -2.15. The number of carbonyl (C=O) groups is 1. The molecule has 0 heterocycles. The van der Waals surface area contributed by atoms with Crippen LogP contribution < -0.4 is 0 Å². The van der Waals surface area contributed by atoms with Crippen molar-refractivity contribution in [2.24, 2.45) is 0 Å². The maximum atomic E-state index is 14.1. The van der Waals surface area contributed by atoms with E-state index in [2.05, 4.69) is 15.9 Å². The van der Waals surface area contributed by atoms with E-state index < -0.39 is 10.9 Å². The van der Waals surface area contributed by atoms with Gasteiger partial charge in [0.1, 0.15) is 0 Å². The topological polar surface area (TPSA) is 17.1 Å². The highest BCUT2D eigenvalue weighted by atomic mass is 79.9. The van der Waals surface area contributed by atoms with E-state index in [1.807, 2.05) is 6.07 Å². The third kappa shape index (κ3) is 1.39. The molecule has 1 aromatic carbocycles. The fourth-order valence-corrected chi connectivity index (χ4v) is 2.41. The molecule has 0 radical (unpaired) electrons. The number of halogens is 3. The molecular weight excluding hydrogens is 270 g/mol. The summed E-state index contributed by atoms with van der Waals surface area (Å²) >= 11 is 8.57. The summed E-state index contributed by atoms with van der Waals surface area (Å²) in [6.07, 6.45) is 0.713. The molecule has 0 saturated carbocycles. The van der Waals surface area contributed by atoms with Crippen molar-refractivity contribution in [2.45, 2.75) is 18.5 Å². The average molecular weight is 278 g/mol. The minimum atomic E-state index is -1.97. The van der Waals surface area contributed by atoms with E-state index >= 15 is 0 Å². The van der Waals surface area contributed by atoms with Gasteiger partial charge < -0.3 is 0 Å². The fourth-order valence-electron chi connectivity index (χ4n) is 1.80. The van der Waals surface area contributed by atoms with Gasteiger partial charge in [0.05, 0.1) is 0 Å². The highest BCUT2D eigenvalue weighted by Crippen LogP contribution is 2.42. The van der Waals surface area contributed by atoms with Gasteiger partial charge in [-0.15, -0.1) is 0 Å². The molecule has 1 unspecified atom stereocenters. The van der Waals surface area contributed by atoms with Crippen LogP contribution in [0.2, 0.25) is 0 Å². The predicted molar refractivity (Wildman–Crippen MR) is 56.1 cm³/mol. The van der Waals surface area contributed by atoms with Gasteiger partial charge in [-0.05, 0) is 42.1 Å². The molecule has 0 saturated heterocycles. The van der Waals surface area contributed by atoms with Gasteiger partial charge in [0.15, 0.2) is 0 Å². The Balaban J connectivity index is 2.55. The fraction of sp³-hybridized carbons (Fsp3) is 0.300. The number of alkyl halides is 1. The van der Waals surface area contributed by atoms with Crippen LogP contribution >= 0.6 is 27.5 Å². The van der Waals surface area contributed by atoms with Crippen LogP contribution in [0.5, 0.6) is 0 Å². The van der Waals surface area contributed by atoms with Crippen molar-refractivity contribution in [3.63, 3.8) is 0 Å². The Hall–Kier alpha value is -0.410. The number of carbonyl (C=O) groups excluding carboxylic acids is 1. The molecule has 74 valence electrons. The molecule has 4 heteroatoms. The molecule has 1 aromatic rings. The SMILES string of the molecule is O=C(Cl)C1(F)CCc2cc(Br)ccc21. The van der Waals surface area contributed by atoms with Gasteiger partial charge in [0.2, 0.25) is 5.67 Å². The van der Waals surface area contributed by atoms with Crippen LogP contribution in [0.4, 0.5) is 4.39 Å². The zero-order chi connectivity index (χ0) is 10.3. The van der Waals surface area contributed by atoms with Crippen LogP contribution in [0.3, 0.4) is 0 Å². The first-order chi connectivity index (χ1) is 6.54. The molecule has 1 aliphatic rings. The summed E-state index contributed by atoms with van der Waals surface area (Å²) in [7, 11) is 0. The third-order valence-corrected chi connectivity index (χ3v) is 3.34. The smallest absolute Gasteiger partial charge is 0.263 e. The van der Waals surface area contributed by atoms with Gasteiger partial charge >= 0.3 is 0 Å². The van der Waals surface area contributed by atoms with E-state index in [1.165, 1.54) is 0 Å². The molecule has 0 fully saturated rings. The van der Waals surface area contributed by atoms with Gasteiger partial charge in [-0.1, -0.05) is 22.0 Å². The predicted octanol–water partition coefficient (Wildman–Crippen LogP) is 3.33. The van der Waals surface area contributed by atoms with Gasteiger partial charge in [-0.2, -0.15) is 0 Å². The summed E-state index contributed by atoms with van der Waals surface area (Å²) in [4.78, 5) is 11.0. The summed E-state index contributed by atoms with van der Waals surface area (Å²) in [6, 6.07) is 5.17. The maximum absolute atomic E-state index is 14.1. The van der Waals surface area contributed by atoms with Crippen molar-refractivity contribution in [2.75, 3.05) is 0 Å². The van der Waals surface area contributed by atoms with E-state index in [1.54, 1.807) is 12.1 Å². The van der Waals surface area contributed by atoms with Crippen LogP contribution in [-0.2, 0) is 16.9 Å². The molecule has 1 atom stereocenters. The van der Waals surface area contributed by atoms with Crippen LogP contribution in [0.15, 0.2) is 22.7 Å². The Morgan fingerprint density at radius 3 is 2.93 bits per heavy atom. The third-order valence-electron chi connectivity index (χ3n) is 2.54. The standard InChI is InChI=1S/C10H7BrClFO/c11-7-1-2-8-6(5-7)3-4-10(8,13)9(12)14/h1-2,5H,3-4H2. The minimum absolute atomic E-state index is 0.154. The highest BCUT2D eigenvalue weighted by Gasteiger charge is 2.44. The number of aryl methyl sites for hydroxylation is 1. The van der Waals surface area contributed by atoms with Crippen molar-refractivity contribution in [3.05, 3.63) is 33.8 Å². The summed E-state index contributed by atoms with van der Waals surface area (Å²) in [5.74, 6) is 0. The Kier molecular flexibility index (Phi) is 2.40. The number of benzene rings is 1. The number of fused-ring (bicyclic) bond motifs is 1. The van der Waals surface area contributed by atoms with E-state index in [4.69, 9.17) is 11.6 Å². The van der Waals surface area contributed by atoms with E-state index in [9.17, 15) is 9.18 Å². The largest absolute Gasteiger partial charge is 0.277 e. The van der Waals surface area contributed by atoms with Crippen LogP contribution in [0.25, 0.3) is 0 Å². The Morgan fingerprint density at radius 1 is 1.57 bits per heavy atom. The molecule has 2 rings (SSSR count). The van der Waals surface area contributed by atoms with Crippen molar-refractivity contribution in [3.8, 4) is 0 Å². The molecule has 1 aliphatic carbocycles. The normalized spacial score (nSPS) is 24.8. The minimum Gasteiger partial charge on any atom is -0.277 e. The maximum Gasteiger partial charge on any atom is 0.263 e. The van der Waals surface area contributed by atoms with Crippen molar-refractivity contribution >= 4 is 32.8 Å². The first-order valence-electron chi connectivity index (χ1n) is 4.22. The number of hydrogen-bond donors (Lipinski definition) is 0. The summed E-state index contributed by atoms with van der Waals surface area (Å²) in [6.45, 7) is 0. The molecule has 0 bridgehead atoms. The second-order valence-electron chi connectivity index (χ2n) is 3.38. The monoisotopic (exact) mass is 276 g/mol. The quantitative estimate of drug-likeness (QED) is 0.720. The zero-order valence-electron chi connectivity index (χ0n) is 7.19.